The van der Waals surface area contributed by atoms with Gasteiger partial charge in [0.15, 0.2) is 5.65 Å². The van der Waals surface area contributed by atoms with Crippen molar-refractivity contribution in [1.82, 2.24) is 14.6 Å². The van der Waals surface area contributed by atoms with Gasteiger partial charge in [0.25, 0.3) is 0 Å². The molecular formula is C15H23N5O. The Morgan fingerprint density at radius 1 is 1.43 bits per heavy atom. The molecule has 0 radical (unpaired) electrons. The Morgan fingerprint density at radius 2 is 2.24 bits per heavy atom. The topological polar surface area (TPSA) is 85.3 Å². The molecule has 0 aliphatic heterocycles. The molecule has 1 atom stereocenters. The van der Waals surface area contributed by atoms with E-state index in [-0.39, 0.29) is 11.9 Å². The van der Waals surface area contributed by atoms with Gasteiger partial charge in [-0.1, -0.05) is 33.1 Å². The van der Waals surface area contributed by atoms with E-state index in [0.29, 0.717) is 0 Å². The number of hydrogen-bond acceptors (Lipinski definition) is 4. The molecule has 0 aliphatic rings. The molecule has 0 spiro atoms. The zero-order chi connectivity index (χ0) is 15.2. The van der Waals surface area contributed by atoms with E-state index in [0.717, 1.165) is 49.3 Å². The summed E-state index contributed by atoms with van der Waals surface area (Å²) in [4.78, 5) is 16.2. The largest absolute Gasteiger partial charge is 0.368 e. The maximum atomic E-state index is 11.6. The fourth-order valence-corrected chi connectivity index (χ4v) is 2.32. The first-order chi connectivity index (χ1) is 10.2. The van der Waals surface area contributed by atoms with Crippen molar-refractivity contribution in [3.63, 3.8) is 0 Å². The second-order valence-electron chi connectivity index (χ2n) is 5.23. The van der Waals surface area contributed by atoms with Gasteiger partial charge < -0.3 is 11.1 Å². The number of fused-ring (bicyclic) bond motifs is 1. The van der Waals surface area contributed by atoms with E-state index in [4.69, 9.17) is 5.73 Å². The third-order valence-corrected chi connectivity index (χ3v) is 3.43. The number of carbonyl (C=O) groups excluding carboxylic acids is 1. The van der Waals surface area contributed by atoms with Crippen LogP contribution in [-0.4, -0.2) is 26.5 Å². The van der Waals surface area contributed by atoms with Gasteiger partial charge in [0.05, 0.1) is 6.20 Å². The van der Waals surface area contributed by atoms with Crippen LogP contribution in [0.3, 0.4) is 0 Å². The summed E-state index contributed by atoms with van der Waals surface area (Å²) in [6.45, 7) is 4.21. The number of amides is 1. The third-order valence-electron chi connectivity index (χ3n) is 3.43. The summed E-state index contributed by atoms with van der Waals surface area (Å²) in [6, 6.07) is 3.43. The lowest BCUT2D eigenvalue weighted by molar-refractivity contribution is -0.118. The van der Waals surface area contributed by atoms with Crippen LogP contribution in [0.4, 0.5) is 5.82 Å². The van der Waals surface area contributed by atoms with E-state index >= 15 is 0 Å². The summed E-state index contributed by atoms with van der Waals surface area (Å²) in [5.74, 6) is 0.436. The fourth-order valence-electron chi connectivity index (χ4n) is 2.32. The molecule has 2 aromatic rings. The Morgan fingerprint density at radius 3 is 2.90 bits per heavy atom. The van der Waals surface area contributed by atoms with Crippen LogP contribution in [0, 0.1) is 0 Å². The minimum Gasteiger partial charge on any atom is -0.368 e. The Hall–Kier alpha value is -2.11. The van der Waals surface area contributed by atoms with Crippen molar-refractivity contribution < 1.29 is 4.79 Å². The summed E-state index contributed by atoms with van der Waals surface area (Å²) >= 11 is 0. The van der Waals surface area contributed by atoms with Crippen LogP contribution in [0.2, 0.25) is 0 Å². The van der Waals surface area contributed by atoms with Gasteiger partial charge >= 0.3 is 0 Å². The Balaban J connectivity index is 2.29. The molecule has 2 aromatic heterocycles. The molecule has 0 saturated carbocycles. The first kappa shape index (κ1) is 15.3. The van der Waals surface area contributed by atoms with E-state index < -0.39 is 0 Å². The van der Waals surface area contributed by atoms with Crippen molar-refractivity contribution in [2.75, 3.05) is 5.32 Å². The molecule has 6 nitrogen and oxygen atoms in total. The van der Waals surface area contributed by atoms with Gasteiger partial charge in [-0.25, -0.2) is 4.98 Å². The van der Waals surface area contributed by atoms with Gasteiger partial charge in [0.2, 0.25) is 5.91 Å². The molecule has 3 N–H and O–H groups in total. The molecule has 0 unspecified atom stereocenters. The normalized spacial score (nSPS) is 12.5. The van der Waals surface area contributed by atoms with Gasteiger partial charge in [0, 0.05) is 17.8 Å². The van der Waals surface area contributed by atoms with E-state index in [1.54, 1.807) is 10.7 Å². The van der Waals surface area contributed by atoms with Gasteiger partial charge in [-0.3, -0.25) is 4.79 Å². The lowest BCUT2D eigenvalue weighted by Gasteiger charge is -2.17. The Labute approximate surface area is 124 Å². The highest BCUT2D eigenvalue weighted by molar-refractivity contribution is 5.82. The molecule has 6 heteroatoms. The highest BCUT2D eigenvalue weighted by atomic mass is 16.1. The number of rotatable bonds is 8. The predicted octanol–water partition coefficient (Wildman–Crippen LogP) is 2.14. The van der Waals surface area contributed by atoms with Crippen LogP contribution in [0.1, 0.15) is 45.2 Å². The number of primary amides is 1. The molecule has 1 amide bonds. The number of unbranched alkanes of at least 4 members (excludes halogenated alkanes) is 1. The minimum absolute atomic E-state index is 0.336. The van der Waals surface area contributed by atoms with Crippen LogP contribution in [0.25, 0.3) is 5.65 Å². The Bertz CT molecular complexity index is 607. The van der Waals surface area contributed by atoms with Crippen LogP contribution in [-0.2, 0) is 11.2 Å². The summed E-state index contributed by atoms with van der Waals surface area (Å²) in [6.07, 6.45) is 6.32. The van der Waals surface area contributed by atoms with Crippen molar-refractivity contribution in [1.29, 1.82) is 0 Å². The Kier molecular flexibility index (Phi) is 5.14. The first-order valence-corrected chi connectivity index (χ1v) is 7.55. The number of aryl methyl sites for hydroxylation is 1. The minimum atomic E-state index is -0.380. The maximum absolute atomic E-state index is 11.6. The molecule has 0 aliphatic carbocycles. The molecule has 0 aromatic carbocycles. The highest BCUT2D eigenvalue weighted by Gasteiger charge is 2.16. The maximum Gasteiger partial charge on any atom is 0.239 e. The number of anilines is 1. The SMILES string of the molecule is CCCC[C@H](Nc1cc(CCC)nc2ccnn12)C(N)=O. The van der Waals surface area contributed by atoms with Gasteiger partial charge in [-0.05, 0) is 12.8 Å². The summed E-state index contributed by atoms with van der Waals surface area (Å²) in [5.41, 5.74) is 7.27. The predicted molar refractivity (Wildman–Crippen MR) is 83.1 cm³/mol. The second-order valence-corrected chi connectivity index (χ2v) is 5.23. The summed E-state index contributed by atoms with van der Waals surface area (Å²) < 4.78 is 1.71. The fraction of sp³-hybridized carbons (Fsp3) is 0.533. The van der Waals surface area contributed by atoms with E-state index in [9.17, 15) is 4.79 Å². The summed E-state index contributed by atoms with van der Waals surface area (Å²) in [7, 11) is 0. The first-order valence-electron chi connectivity index (χ1n) is 7.55. The molecule has 21 heavy (non-hydrogen) atoms. The average Bonchev–Trinajstić information content (AvgIpc) is 2.91. The van der Waals surface area contributed by atoms with Crippen molar-refractivity contribution >= 4 is 17.4 Å². The van der Waals surface area contributed by atoms with E-state index in [1.807, 2.05) is 12.1 Å². The van der Waals surface area contributed by atoms with Gasteiger partial charge in [0.1, 0.15) is 11.9 Å². The van der Waals surface area contributed by atoms with Crippen molar-refractivity contribution in [2.45, 2.75) is 52.0 Å². The molecule has 0 bridgehead atoms. The van der Waals surface area contributed by atoms with Gasteiger partial charge in [-0.15, -0.1) is 0 Å². The monoisotopic (exact) mass is 289 g/mol. The average molecular weight is 289 g/mol. The molecule has 0 fully saturated rings. The van der Waals surface area contributed by atoms with Gasteiger partial charge in [-0.2, -0.15) is 9.61 Å². The van der Waals surface area contributed by atoms with Crippen molar-refractivity contribution in [2.24, 2.45) is 5.73 Å². The number of carbonyl (C=O) groups is 1. The molecule has 114 valence electrons. The van der Waals surface area contributed by atoms with Crippen molar-refractivity contribution in [3.05, 3.63) is 24.0 Å². The molecule has 2 rings (SSSR count). The van der Waals surface area contributed by atoms with E-state index in [2.05, 4.69) is 29.2 Å². The van der Waals surface area contributed by atoms with Crippen LogP contribution in [0.5, 0.6) is 0 Å². The smallest absolute Gasteiger partial charge is 0.239 e. The van der Waals surface area contributed by atoms with E-state index in [1.165, 1.54) is 0 Å². The van der Waals surface area contributed by atoms with Crippen LogP contribution < -0.4 is 11.1 Å². The van der Waals surface area contributed by atoms with Crippen LogP contribution >= 0.6 is 0 Å². The second kappa shape index (κ2) is 7.06. The lowest BCUT2D eigenvalue weighted by Crippen LogP contribution is -2.36. The quantitative estimate of drug-likeness (QED) is 0.779. The lowest BCUT2D eigenvalue weighted by atomic mass is 10.1. The van der Waals surface area contributed by atoms with Crippen LogP contribution in [0.15, 0.2) is 18.3 Å². The number of nitrogens with two attached hydrogens (primary N) is 1. The number of nitrogens with zero attached hydrogens (tertiary/aromatic N) is 3. The molecule has 0 saturated heterocycles. The number of hydrogen-bond donors (Lipinski definition) is 2. The number of aromatic nitrogens is 3. The van der Waals surface area contributed by atoms with Crippen molar-refractivity contribution in [3.8, 4) is 0 Å². The zero-order valence-electron chi connectivity index (χ0n) is 12.7. The highest BCUT2D eigenvalue weighted by Crippen LogP contribution is 2.16. The zero-order valence-corrected chi connectivity index (χ0v) is 12.7. The number of nitrogens with one attached hydrogen (secondary N) is 1. The summed E-state index contributed by atoms with van der Waals surface area (Å²) in [5, 5.41) is 7.48. The third kappa shape index (κ3) is 3.71. The molecular weight excluding hydrogens is 266 g/mol. The molecule has 2 heterocycles. The standard InChI is InChI=1S/C15H23N5O/c1-3-5-7-12(15(16)21)19-14-10-11(6-4-2)18-13-8-9-17-20(13)14/h8-10,12,19H,3-7H2,1-2H3,(H2,16,21)/t12-/m0/s1.